The second kappa shape index (κ2) is 8.04. The Morgan fingerprint density at radius 2 is 1.65 bits per heavy atom. The molecule has 2 aliphatic rings. The van der Waals surface area contributed by atoms with E-state index in [9.17, 15) is 14.4 Å². The van der Waals surface area contributed by atoms with Gasteiger partial charge < -0.3 is 29.2 Å². The van der Waals surface area contributed by atoms with Crippen LogP contribution in [-0.2, 0) is 33.3 Å². The van der Waals surface area contributed by atoms with Crippen LogP contribution in [0, 0.1) is 0 Å². The fraction of sp³-hybridized carbons (Fsp3) is 0.643. The second-order valence-corrected chi connectivity index (χ2v) is 5.08. The summed E-state index contributed by atoms with van der Waals surface area (Å²) in [5, 5.41) is 17.1. The zero-order valence-electron chi connectivity index (χ0n) is 12.3. The molecule has 4 atom stereocenters. The third kappa shape index (κ3) is 4.75. The number of rotatable bonds is 7. The molecule has 23 heavy (non-hydrogen) atoms. The highest BCUT2D eigenvalue weighted by Gasteiger charge is 2.51. The highest BCUT2D eigenvalue weighted by molar-refractivity contribution is 5.82. The van der Waals surface area contributed by atoms with Crippen LogP contribution in [-0.4, -0.2) is 72.4 Å². The summed E-state index contributed by atoms with van der Waals surface area (Å²) in [5.41, 5.74) is 0. The van der Waals surface area contributed by atoms with Crippen LogP contribution >= 0.6 is 0 Å². The molecule has 2 aliphatic heterocycles. The minimum atomic E-state index is -1.08. The molecule has 2 saturated heterocycles. The number of carbonyl (C=O) groups excluding carboxylic acids is 2. The van der Waals surface area contributed by atoms with E-state index >= 15 is 0 Å². The van der Waals surface area contributed by atoms with Crippen LogP contribution in [0.15, 0.2) is 12.2 Å². The maximum atomic E-state index is 11.6. The van der Waals surface area contributed by atoms with Gasteiger partial charge in [0.15, 0.2) is 12.2 Å². The summed E-state index contributed by atoms with van der Waals surface area (Å²) in [5.74, 6) is -2.35. The van der Waals surface area contributed by atoms with Crippen molar-refractivity contribution in [2.24, 2.45) is 0 Å². The van der Waals surface area contributed by atoms with Gasteiger partial charge in [-0.05, 0) is 0 Å². The van der Waals surface area contributed by atoms with Crippen molar-refractivity contribution in [2.45, 2.75) is 37.3 Å². The lowest BCUT2D eigenvalue weighted by Gasteiger charge is -2.16. The normalized spacial score (nSPS) is 29.4. The number of ether oxygens (including phenoxy) is 4. The van der Waals surface area contributed by atoms with E-state index in [4.69, 9.17) is 29.2 Å². The number of hydrogen-bond donors (Lipinski definition) is 2. The third-order valence-electron chi connectivity index (χ3n) is 3.42. The molecular formula is C14H18O9. The molecule has 2 fully saturated rings. The summed E-state index contributed by atoms with van der Waals surface area (Å²) in [6.45, 7) is -0.0704. The Balaban J connectivity index is 1.82. The van der Waals surface area contributed by atoms with Crippen molar-refractivity contribution < 1.29 is 43.5 Å². The van der Waals surface area contributed by atoms with Crippen LogP contribution in [0.2, 0.25) is 0 Å². The van der Waals surface area contributed by atoms with Crippen LogP contribution < -0.4 is 0 Å². The minimum Gasteiger partial charge on any atom is -0.481 e. The van der Waals surface area contributed by atoms with Gasteiger partial charge in [-0.2, -0.15) is 0 Å². The lowest BCUT2D eigenvalue weighted by atomic mass is 10.1. The molecule has 2 N–H and O–H groups in total. The smallest absolute Gasteiger partial charge is 0.330 e. The zero-order valence-corrected chi connectivity index (χ0v) is 12.3. The van der Waals surface area contributed by atoms with Gasteiger partial charge in [0.05, 0.1) is 32.7 Å². The standard InChI is InChI=1S/C14H18O9/c15-5-1-2-11(18)22-8-6-20-14-9(7-21-13(8)14)23-12(19)4-3-10(16)17/h1-2,8-9,13-15H,3-7H2,(H,16,17)/b2-1+/t8-,9-,13+,14+/m0/s1. The third-order valence-corrected chi connectivity index (χ3v) is 3.42. The number of fused-ring (bicyclic) bond motifs is 1. The van der Waals surface area contributed by atoms with E-state index in [0.29, 0.717) is 0 Å². The van der Waals surface area contributed by atoms with Crippen molar-refractivity contribution in [2.75, 3.05) is 19.8 Å². The largest absolute Gasteiger partial charge is 0.481 e. The Bertz CT molecular complexity index is 487. The number of carbonyl (C=O) groups is 3. The first kappa shape index (κ1) is 17.4. The molecular weight excluding hydrogens is 312 g/mol. The van der Waals surface area contributed by atoms with E-state index in [1.54, 1.807) is 0 Å². The first-order chi connectivity index (χ1) is 11.0. The SMILES string of the molecule is O=C(O)CCC(=O)O[C@H]1CO[C@H]2[C@@H]1OC[C@@H]2OC(=O)/C=C/CO. The molecule has 0 bridgehead atoms. The first-order valence-electron chi connectivity index (χ1n) is 7.13. The quantitative estimate of drug-likeness (QED) is 0.447. The number of aliphatic carboxylic acids is 1. The Morgan fingerprint density at radius 1 is 1.04 bits per heavy atom. The number of esters is 2. The van der Waals surface area contributed by atoms with Gasteiger partial charge in [-0.1, -0.05) is 6.08 Å². The molecule has 0 radical (unpaired) electrons. The van der Waals surface area contributed by atoms with Gasteiger partial charge >= 0.3 is 17.9 Å². The van der Waals surface area contributed by atoms with Crippen molar-refractivity contribution in [1.29, 1.82) is 0 Å². The molecule has 0 aromatic heterocycles. The minimum absolute atomic E-state index is 0.0919. The van der Waals surface area contributed by atoms with Crippen molar-refractivity contribution in [3.05, 3.63) is 12.2 Å². The van der Waals surface area contributed by atoms with Crippen LogP contribution in [0.4, 0.5) is 0 Å². The van der Waals surface area contributed by atoms with E-state index < -0.39 is 42.3 Å². The Labute approximate surface area is 131 Å². The van der Waals surface area contributed by atoms with E-state index in [1.165, 1.54) is 6.08 Å². The average molecular weight is 330 g/mol. The van der Waals surface area contributed by atoms with Crippen LogP contribution in [0.1, 0.15) is 12.8 Å². The van der Waals surface area contributed by atoms with E-state index in [1.807, 2.05) is 0 Å². The van der Waals surface area contributed by atoms with Gasteiger partial charge in [0.1, 0.15) is 12.2 Å². The molecule has 0 spiro atoms. The molecule has 0 aromatic carbocycles. The number of aliphatic hydroxyl groups is 1. The second-order valence-electron chi connectivity index (χ2n) is 5.08. The summed E-state index contributed by atoms with van der Waals surface area (Å²) in [4.78, 5) is 33.5. The Morgan fingerprint density at radius 3 is 2.22 bits per heavy atom. The fourth-order valence-corrected chi connectivity index (χ4v) is 2.41. The average Bonchev–Trinajstić information content (AvgIpc) is 3.07. The van der Waals surface area contributed by atoms with Gasteiger partial charge in [-0.3, -0.25) is 9.59 Å². The lowest BCUT2D eigenvalue weighted by Crippen LogP contribution is -2.35. The van der Waals surface area contributed by atoms with Crippen molar-refractivity contribution >= 4 is 17.9 Å². The molecule has 128 valence electrons. The maximum absolute atomic E-state index is 11.6. The van der Waals surface area contributed by atoms with Gasteiger partial charge in [0.2, 0.25) is 0 Å². The molecule has 0 aliphatic carbocycles. The lowest BCUT2D eigenvalue weighted by molar-refractivity contribution is -0.156. The van der Waals surface area contributed by atoms with E-state index in [2.05, 4.69) is 0 Å². The fourth-order valence-electron chi connectivity index (χ4n) is 2.41. The van der Waals surface area contributed by atoms with Crippen molar-refractivity contribution in [3.8, 4) is 0 Å². The van der Waals surface area contributed by atoms with Gasteiger partial charge in [-0.15, -0.1) is 0 Å². The molecule has 9 heteroatoms. The summed E-state index contributed by atoms with van der Waals surface area (Å²) < 4.78 is 21.2. The molecule has 9 nitrogen and oxygen atoms in total. The Hall–Kier alpha value is -1.97. The van der Waals surface area contributed by atoms with Crippen LogP contribution in [0.3, 0.4) is 0 Å². The number of aliphatic hydroxyl groups excluding tert-OH is 1. The number of carboxylic acid groups (broad SMARTS) is 1. The molecule has 2 heterocycles. The zero-order chi connectivity index (χ0) is 16.8. The predicted octanol–water partition coefficient (Wildman–Crippen LogP) is -0.979. The van der Waals surface area contributed by atoms with Crippen molar-refractivity contribution in [3.63, 3.8) is 0 Å². The van der Waals surface area contributed by atoms with Gasteiger partial charge in [0, 0.05) is 6.08 Å². The summed E-state index contributed by atoms with van der Waals surface area (Å²) in [6.07, 6.45) is -0.561. The molecule has 0 saturated carbocycles. The first-order valence-corrected chi connectivity index (χ1v) is 7.13. The van der Waals surface area contributed by atoms with Crippen LogP contribution in [0.5, 0.6) is 0 Å². The van der Waals surface area contributed by atoms with E-state index in [0.717, 1.165) is 6.08 Å². The predicted molar refractivity (Wildman–Crippen MR) is 72.3 cm³/mol. The van der Waals surface area contributed by atoms with Gasteiger partial charge in [0.25, 0.3) is 0 Å². The maximum Gasteiger partial charge on any atom is 0.330 e. The van der Waals surface area contributed by atoms with E-state index in [-0.39, 0.29) is 32.7 Å². The Kier molecular flexibility index (Phi) is 6.08. The molecule has 0 aromatic rings. The van der Waals surface area contributed by atoms with Gasteiger partial charge in [-0.25, -0.2) is 4.79 Å². The van der Waals surface area contributed by atoms with Crippen molar-refractivity contribution in [1.82, 2.24) is 0 Å². The number of carboxylic acids is 1. The molecule has 0 unspecified atom stereocenters. The molecule has 2 rings (SSSR count). The highest BCUT2D eigenvalue weighted by atomic mass is 16.7. The summed E-state index contributed by atoms with van der Waals surface area (Å²) in [6, 6.07) is 0. The number of hydrogen-bond acceptors (Lipinski definition) is 8. The molecule has 0 amide bonds. The summed E-state index contributed by atoms with van der Waals surface area (Å²) in [7, 11) is 0. The summed E-state index contributed by atoms with van der Waals surface area (Å²) >= 11 is 0. The van der Waals surface area contributed by atoms with Crippen LogP contribution in [0.25, 0.3) is 0 Å². The monoisotopic (exact) mass is 330 g/mol. The topological polar surface area (TPSA) is 129 Å². The highest BCUT2D eigenvalue weighted by Crippen LogP contribution is 2.30.